The molecule has 0 radical (unpaired) electrons. The summed E-state index contributed by atoms with van der Waals surface area (Å²) in [4.78, 5) is 5.98. The second-order valence-electron chi connectivity index (χ2n) is 5.12. The monoisotopic (exact) mass is 237 g/mol. The highest BCUT2D eigenvalue weighted by molar-refractivity contribution is 5.14. The van der Waals surface area contributed by atoms with E-state index < -0.39 is 5.60 Å². The fourth-order valence-corrected chi connectivity index (χ4v) is 1.88. The van der Waals surface area contributed by atoms with Gasteiger partial charge < -0.3 is 15.3 Å². The molecule has 0 bridgehead atoms. The van der Waals surface area contributed by atoms with E-state index in [0.717, 1.165) is 0 Å². The molecule has 1 aromatic rings. The molecule has 0 saturated carbocycles. The Labute approximate surface area is 104 Å². The Morgan fingerprint density at radius 2 is 2.00 bits per heavy atom. The molecule has 1 aromatic heterocycles. The Balaban J connectivity index is 2.45. The van der Waals surface area contributed by atoms with E-state index in [-0.39, 0.29) is 6.04 Å². The third-order valence-corrected chi connectivity index (χ3v) is 2.65. The Kier molecular flexibility index (Phi) is 5.05. The largest absolute Gasteiger partial charge is 0.388 e. The van der Waals surface area contributed by atoms with Gasteiger partial charge in [0.25, 0.3) is 0 Å². The maximum Gasteiger partial charge on any atom is 0.0869 e. The van der Waals surface area contributed by atoms with E-state index >= 15 is 0 Å². The first-order valence-electron chi connectivity index (χ1n) is 5.91. The van der Waals surface area contributed by atoms with Gasteiger partial charge in [0.2, 0.25) is 0 Å². The predicted molar refractivity (Wildman–Crippen MR) is 69.8 cm³/mol. The zero-order valence-corrected chi connectivity index (χ0v) is 11.1. The number of likely N-dealkylation sites (N-methyl/N-ethyl adjacent to an activating group) is 1. The van der Waals surface area contributed by atoms with Crippen molar-refractivity contribution in [3.8, 4) is 0 Å². The number of pyridine rings is 1. The minimum Gasteiger partial charge on any atom is -0.388 e. The van der Waals surface area contributed by atoms with Gasteiger partial charge in [-0.05, 0) is 45.6 Å². The summed E-state index contributed by atoms with van der Waals surface area (Å²) in [5.74, 6) is 0. The summed E-state index contributed by atoms with van der Waals surface area (Å²) in [6.07, 6.45) is 3.57. The standard InChI is InChI=1S/C13H23N3O/c1-11(12-5-7-14-8-6-12)15-9-13(2,17)10-16(3)4/h5-8,11,15,17H,9-10H2,1-4H3. The van der Waals surface area contributed by atoms with Crippen LogP contribution in [0, 0.1) is 0 Å². The Morgan fingerprint density at radius 1 is 1.41 bits per heavy atom. The molecule has 17 heavy (non-hydrogen) atoms. The third-order valence-electron chi connectivity index (χ3n) is 2.65. The highest BCUT2D eigenvalue weighted by atomic mass is 16.3. The molecule has 96 valence electrons. The molecule has 0 aliphatic carbocycles. The van der Waals surface area contributed by atoms with Gasteiger partial charge in [0.1, 0.15) is 0 Å². The van der Waals surface area contributed by atoms with Crippen LogP contribution in [0.5, 0.6) is 0 Å². The van der Waals surface area contributed by atoms with Crippen LogP contribution in [-0.4, -0.2) is 47.8 Å². The molecule has 1 rings (SSSR count). The minimum atomic E-state index is -0.717. The van der Waals surface area contributed by atoms with Gasteiger partial charge >= 0.3 is 0 Å². The number of nitrogens with zero attached hydrogens (tertiary/aromatic N) is 2. The van der Waals surface area contributed by atoms with Crippen LogP contribution in [0.2, 0.25) is 0 Å². The second-order valence-corrected chi connectivity index (χ2v) is 5.12. The SMILES string of the molecule is CC(NCC(C)(O)CN(C)C)c1ccncc1. The van der Waals surface area contributed by atoms with Crippen molar-refractivity contribution in [1.82, 2.24) is 15.2 Å². The van der Waals surface area contributed by atoms with Crippen molar-refractivity contribution in [2.45, 2.75) is 25.5 Å². The average Bonchev–Trinajstić information content (AvgIpc) is 2.25. The lowest BCUT2D eigenvalue weighted by Gasteiger charge is -2.28. The Hall–Kier alpha value is -0.970. The fourth-order valence-electron chi connectivity index (χ4n) is 1.88. The molecule has 2 N–H and O–H groups in total. The summed E-state index contributed by atoms with van der Waals surface area (Å²) < 4.78 is 0. The van der Waals surface area contributed by atoms with Gasteiger partial charge in [-0.2, -0.15) is 0 Å². The Morgan fingerprint density at radius 3 is 2.53 bits per heavy atom. The lowest BCUT2D eigenvalue weighted by molar-refractivity contribution is 0.0317. The zero-order valence-electron chi connectivity index (χ0n) is 11.1. The van der Waals surface area contributed by atoms with E-state index in [9.17, 15) is 5.11 Å². The lowest BCUT2D eigenvalue weighted by Crippen LogP contribution is -2.46. The van der Waals surface area contributed by atoms with E-state index in [0.29, 0.717) is 13.1 Å². The van der Waals surface area contributed by atoms with Crippen LogP contribution in [0.4, 0.5) is 0 Å². The molecule has 0 amide bonds. The number of hydrogen-bond acceptors (Lipinski definition) is 4. The molecule has 2 unspecified atom stereocenters. The van der Waals surface area contributed by atoms with Crippen LogP contribution in [0.15, 0.2) is 24.5 Å². The molecular weight excluding hydrogens is 214 g/mol. The smallest absolute Gasteiger partial charge is 0.0869 e. The van der Waals surface area contributed by atoms with Gasteiger partial charge in [-0.25, -0.2) is 0 Å². The van der Waals surface area contributed by atoms with E-state index in [1.165, 1.54) is 5.56 Å². The van der Waals surface area contributed by atoms with Gasteiger partial charge in [-0.15, -0.1) is 0 Å². The molecule has 0 aliphatic heterocycles. The molecule has 1 heterocycles. The zero-order chi connectivity index (χ0) is 12.9. The number of hydrogen-bond donors (Lipinski definition) is 2. The van der Waals surface area contributed by atoms with Crippen LogP contribution >= 0.6 is 0 Å². The summed E-state index contributed by atoms with van der Waals surface area (Å²) in [7, 11) is 3.92. The maximum atomic E-state index is 10.2. The predicted octanol–water partition coefficient (Wildman–Crippen LogP) is 1.04. The minimum absolute atomic E-state index is 0.214. The van der Waals surface area contributed by atoms with Gasteiger partial charge in [-0.1, -0.05) is 0 Å². The van der Waals surface area contributed by atoms with Crippen LogP contribution in [0.3, 0.4) is 0 Å². The van der Waals surface area contributed by atoms with Crippen LogP contribution in [-0.2, 0) is 0 Å². The van der Waals surface area contributed by atoms with Crippen molar-refractivity contribution in [2.24, 2.45) is 0 Å². The molecule has 4 heteroatoms. The van der Waals surface area contributed by atoms with Crippen molar-refractivity contribution in [3.05, 3.63) is 30.1 Å². The number of rotatable bonds is 6. The van der Waals surface area contributed by atoms with E-state index in [2.05, 4.69) is 17.2 Å². The fraction of sp³-hybridized carbons (Fsp3) is 0.615. The summed E-state index contributed by atoms with van der Waals surface area (Å²) in [5, 5.41) is 13.5. The highest BCUT2D eigenvalue weighted by Crippen LogP contribution is 2.12. The molecule has 0 fully saturated rings. The van der Waals surface area contributed by atoms with Crippen molar-refractivity contribution in [3.63, 3.8) is 0 Å². The molecule has 4 nitrogen and oxygen atoms in total. The van der Waals surface area contributed by atoms with Crippen LogP contribution in [0.1, 0.15) is 25.5 Å². The first kappa shape index (κ1) is 14.1. The molecule has 0 aromatic carbocycles. The van der Waals surface area contributed by atoms with Gasteiger partial charge in [0.05, 0.1) is 5.60 Å². The van der Waals surface area contributed by atoms with E-state index in [1.807, 2.05) is 38.1 Å². The quantitative estimate of drug-likeness (QED) is 0.776. The van der Waals surface area contributed by atoms with E-state index in [4.69, 9.17) is 0 Å². The highest BCUT2D eigenvalue weighted by Gasteiger charge is 2.21. The third kappa shape index (κ3) is 5.26. The summed E-state index contributed by atoms with van der Waals surface area (Å²) in [6.45, 7) is 5.14. The summed E-state index contributed by atoms with van der Waals surface area (Å²) in [5.41, 5.74) is 0.464. The van der Waals surface area contributed by atoms with Gasteiger partial charge in [-0.3, -0.25) is 4.98 Å². The van der Waals surface area contributed by atoms with Crippen molar-refractivity contribution in [2.75, 3.05) is 27.2 Å². The normalized spacial score (nSPS) is 16.8. The number of aliphatic hydroxyl groups is 1. The molecule has 0 aliphatic rings. The molecular formula is C13H23N3O. The first-order chi connectivity index (χ1) is 7.91. The van der Waals surface area contributed by atoms with Crippen LogP contribution < -0.4 is 5.32 Å². The average molecular weight is 237 g/mol. The molecule has 0 spiro atoms. The first-order valence-corrected chi connectivity index (χ1v) is 5.91. The van der Waals surface area contributed by atoms with Crippen molar-refractivity contribution < 1.29 is 5.11 Å². The Bertz CT molecular complexity index is 325. The second kappa shape index (κ2) is 6.10. The van der Waals surface area contributed by atoms with Crippen molar-refractivity contribution >= 4 is 0 Å². The maximum absolute atomic E-state index is 10.2. The molecule has 0 saturated heterocycles. The van der Waals surface area contributed by atoms with Crippen molar-refractivity contribution in [1.29, 1.82) is 0 Å². The molecule has 2 atom stereocenters. The van der Waals surface area contributed by atoms with Gasteiger partial charge in [0, 0.05) is 31.5 Å². The topological polar surface area (TPSA) is 48.4 Å². The number of aromatic nitrogens is 1. The van der Waals surface area contributed by atoms with E-state index in [1.54, 1.807) is 12.4 Å². The van der Waals surface area contributed by atoms with Crippen LogP contribution in [0.25, 0.3) is 0 Å². The summed E-state index contributed by atoms with van der Waals surface area (Å²) in [6, 6.07) is 4.18. The van der Waals surface area contributed by atoms with Gasteiger partial charge in [0.15, 0.2) is 0 Å². The summed E-state index contributed by atoms with van der Waals surface area (Å²) >= 11 is 0. The lowest BCUT2D eigenvalue weighted by atomic mass is 10.0. The number of nitrogens with one attached hydrogen (secondary N) is 1.